The molecular formula is C13H22N2O2. The van der Waals surface area contributed by atoms with Crippen LogP contribution < -0.4 is 5.32 Å². The molecule has 4 heteroatoms. The molecule has 96 valence electrons. The maximum Gasteiger partial charge on any atom is 0.227 e. The number of piperidine rings is 1. The highest BCUT2D eigenvalue weighted by Gasteiger charge is 2.40. The van der Waals surface area contributed by atoms with E-state index in [4.69, 9.17) is 4.74 Å². The van der Waals surface area contributed by atoms with Gasteiger partial charge in [-0.25, -0.2) is 0 Å². The van der Waals surface area contributed by atoms with Gasteiger partial charge in [-0.05, 0) is 38.6 Å². The molecule has 0 aromatic heterocycles. The van der Waals surface area contributed by atoms with Crippen LogP contribution in [0.5, 0.6) is 0 Å². The smallest absolute Gasteiger partial charge is 0.227 e. The van der Waals surface area contributed by atoms with Gasteiger partial charge < -0.3 is 15.0 Å². The molecule has 3 aliphatic rings. The van der Waals surface area contributed by atoms with Crippen LogP contribution >= 0.6 is 0 Å². The molecule has 2 heterocycles. The molecule has 0 radical (unpaired) electrons. The van der Waals surface area contributed by atoms with Gasteiger partial charge in [0.1, 0.15) is 0 Å². The van der Waals surface area contributed by atoms with E-state index in [0.717, 1.165) is 51.9 Å². The standard InChI is InChI=1S/C13H22N2O2/c16-13(10-3-2-6-14-9-10)15-7-8-17-12-5-1-4-11(12)15/h10-12,14H,1-9H2. The van der Waals surface area contributed by atoms with E-state index >= 15 is 0 Å². The van der Waals surface area contributed by atoms with Gasteiger partial charge in [-0.3, -0.25) is 4.79 Å². The van der Waals surface area contributed by atoms with Gasteiger partial charge in [0.2, 0.25) is 5.91 Å². The Morgan fingerprint density at radius 1 is 1.24 bits per heavy atom. The zero-order valence-electron chi connectivity index (χ0n) is 10.4. The van der Waals surface area contributed by atoms with Crippen molar-refractivity contribution in [3.63, 3.8) is 0 Å². The molecule has 2 aliphatic heterocycles. The highest BCUT2D eigenvalue weighted by atomic mass is 16.5. The van der Waals surface area contributed by atoms with Crippen LogP contribution in [-0.2, 0) is 9.53 Å². The van der Waals surface area contributed by atoms with Gasteiger partial charge in [0.05, 0.1) is 24.7 Å². The minimum absolute atomic E-state index is 0.211. The number of rotatable bonds is 1. The van der Waals surface area contributed by atoms with Gasteiger partial charge in [0, 0.05) is 13.1 Å². The van der Waals surface area contributed by atoms with Crippen molar-refractivity contribution in [1.82, 2.24) is 10.2 Å². The first-order valence-corrected chi connectivity index (χ1v) is 6.99. The molecule has 3 rings (SSSR count). The van der Waals surface area contributed by atoms with Gasteiger partial charge in [-0.2, -0.15) is 0 Å². The van der Waals surface area contributed by atoms with E-state index in [1.807, 2.05) is 0 Å². The molecule has 1 aliphatic carbocycles. The normalized spacial score (nSPS) is 37.9. The third kappa shape index (κ3) is 2.20. The summed E-state index contributed by atoms with van der Waals surface area (Å²) in [6.07, 6.45) is 6.00. The van der Waals surface area contributed by atoms with Crippen LogP contribution in [0.25, 0.3) is 0 Å². The fraction of sp³-hybridized carbons (Fsp3) is 0.923. The summed E-state index contributed by atoms with van der Waals surface area (Å²) in [4.78, 5) is 14.6. The van der Waals surface area contributed by atoms with E-state index in [1.54, 1.807) is 0 Å². The summed E-state index contributed by atoms with van der Waals surface area (Å²) in [6.45, 7) is 3.47. The molecular weight excluding hydrogens is 216 g/mol. The second kappa shape index (κ2) is 4.94. The van der Waals surface area contributed by atoms with E-state index < -0.39 is 0 Å². The zero-order chi connectivity index (χ0) is 11.7. The minimum atomic E-state index is 0.211. The number of fused-ring (bicyclic) bond motifs is 1. The number of morpholine rings is 1. The quantitative estimate of drug-likeness (QED) is 0.733. The number of amides is 1. The number of hydrogen-bond acceptors (Lipinski definition) is 3. The first-order chi connectivity index (χ1) is 8.36. The molecule has 3 fully saturated rings. The first kappa shape index (κ1) is 11.5. The highest BCUT2D eigenvalue weighted by molar-refractivity contribution is 5.79. The predicted molar refractivity (Wildman–Crippen MR) is 64.7 cm³/mol. The summed E-state index contributed by atoms with van der Waals surface area (Å²) >= 11 is 0. The topological polar surface area (TPSA) is 41.6 Å². The molecule has 0 spiro atoms. The van der Waals surface area contributed by atoms with Crippen LogP contribution in [-0.4, -0.2) is 49.2 Å². The summed E-state index contributed by atoms with van der Waals surface area (Å²) in [7, 11) is 0. The SMILES string of the molecule is O=C(C1CCCNC1)N1CCOC2CCCC21. The Balaban J connectivity index is 1.67. The fourth-order valence-corrected chi connectivity index (χ4v) is 3.50. The summed E-state index contributed by atoms with van der Waals surface area (Å²) in [6, 6.07) is 0.373. The summed E-state index contributed by atoms with van der Waals surface area (Å²) in [5.41, 5.74) is 0. The fourth-order valence-electron chi connectivity index (χ4n) is 3.50. The Morgan fingerprint density at radius 3 is 3.00 bits per heavy atom. The molecule has 0 aromatic rings. The van der Waals surface area contributed by atoms with Gasteiger partial charge in [-0.15, -0.1) is 0 Å². The van der Waals surface area contributed by atoms with Crippen LogP contribution in [0.15, 0.2) is 0 Å². The van der Waals surface area contributed by atoms with E-state index in [2.05, 4.69) is 10.2 Å². The number of carbonyl (C=O) groups is 1. The average Bonchev–Trinajstić information content (AvgIpc) is 2.87. The molecule has 0 aromatic carbocycles. The third-order valence-electron chi connectivity index (χ3n) is 4.41. The first-order valence-electron chi connectivity index (χ1n) is 6.99. The van der Waals surface area contributed by atoms with Gasteiger partial charge in [0.15, 0.2) is 0 Å². The number of nitrogens with one attached hydrogen (secondary N) is 1. The van der Waals surface area contributed by atoms with E-state index in [-0.39, 0.29) is 5.92 Å². The van der Waals surface area contributed by atoms with Crippen molar-refractivity contribution in [2.75, 3.05) is 26.2 Å². The Hall–Kier alpha value is -0.610. The van der Waals surface area contributed by atoms with Crippen molar-refractivity contribution in [1.29, 1.82) is 0 Å². The summed E-state index contributed by atoms with van der Waals surface area (Å²) < 4.78 is 5.76. The molecule has 3 unspecified atom stereocenters. The van der Waals surface area contributed by atoms with Crippen LogP contribution in [0.4, 0.5) is 0 Å². The van der Waals surface area contributed by atoms with Crippen molar-refractivity contribution >= 4 is 5.91 Å². The predicted octanol–water partition coefficient (Wildman–Crippen LogP) is 0.766. The summed E-state index contributed by atoms with van der Waals surface area (Å²) in [5, 5.41) is 3.34. The van der Waals surface area contributed by atoms with Crippen LogP contribution in [0.2, 0.25) is 0 Å². The lowest BCUT2D eigenvalue weighted by Crippen LogP contribution is -2.54. The molecule has 2 saturated heterocycles. The molecule has 4 nitrogen and oxygen atoms in total. The second-order valence-electron chi connectivity index (χ2n) is 5.48. The van der Waals surface area contributed by atoms with Gasteiger partial charge in [-0.1, -0.05) is 0 Å². The number of ether oxygens (including phenoxy) is 1. The number of hydrogen-bond donors (Lipinski definition) is 1. The minimum Gasteiger partial charge on any atom is -0.374 e. The molecule has 0 bridgehead atoms. The maximum absolute atomic E-state index is 12.5. The van der Waals surface area contributed by atoms with Crippen molar-refractivity contribution in [3.05, 3.63) is 0 Å². The molecule has 17 heavy (non-hydrogen) atoms. The molecule has 1 N–H and O–H groups in total. The Bertz CT molecular complexity index is 289. The van der Waals surface area contributed by atoms with E-state index in [9.17, 15) is 4.79 Å². The molecule has 1 saturated carbocycles. The van der Waals surface area contributed by atoms with Crippen LogP contribution in [0, 0.1) is 5.92 Å². The van der Waals surface area contributed by atoms with Crippen molar-refractivity contribution in [2.45, 2.75) is 44.2 Å². The lowest BCUT2D eigenvalue weighted by molar-refractivity contribution is -0.148. The summed E-state index contributed by atoms with van der Waals surface area (Å²) in [5.74, 6) is 0.584. The third-order valence-corrected chi connectivity index (χ3v) is 4.41. The number of nitrogens with zero attached hydrogens (tertiary/aromatic N) is 1. The van der Waals surface area contributed by atoms with Gasteiger partial charge in [0.25, 0.3) is 0 Å². The van der Waals surface area contributed by atoms with Crippen molar-refractivity contribution in [2.24, 2.45) is 5.92 Å². The maximum atomic E-state index is 12.5. The lowest BCUT2D eigenvalue weighted by atomic mass is 9.96. The largest absolute Gasteiger partial charge is 0.374 e. The lowest BCUT2D eigenvalue weighted by Gasteiger charge is -2.40. The molecule has 3 atom stereocenters. The Labute approximate surface area is 103 Å². The van der Waals surface area contributed by atoms with Gasteiger partial charge >= 0.3 is 0 Å². The number of carbonyl (C=O) groups excluding carboxylic acids is 1. The van der Waals surface area contributed by atoms with Crippen molar-refractivity contribution in [3.8, 4) is 0 Å². The Morgan fingerprint density at radius 2 is 2.18 bits per heavy atom. The van der Waals surface area contributed by atoms with E-state index in [1.165, 1.54) is 6.42 Å². The monoisotopic (exact) mass is 238 g/mol. The van der Waals surface area contributed by atoms with E-state index in [0.29, 0.717) is 18.1 Å². The van der Waals surface area contributed by atoms with Crippen molar-refractivity contribution < 1.29 is 9.53 Å². The zero-order valence-corrected chi connectivity index (χ0v) is 10.4. The highest BCUT2D eigenvalue weighted by Crippen LogP contribution is 2.31. The van der Waals surface area contributed by atoms with Crippen LogP contribution in [0.1, 0.15) is 32.1 Å². The second-order valence-corrected chi connectivity index (χ2v) is 5.48. The Kier molecular flexibility index (Phi) is 3.34. The van der Waals surface area contributed by atoms with Crippen LogP contribution in [0.3, 0.4) is 0 Å². The average molecular weight is 238 g/mol. The molecule has 1 amide bonds.